The van der Waals surface area contributed by atoms with Crippen LogP contribution in [0.4, 0.5) is 5.69 Å². The third kappa shape index (κ3) is 5.83. The van der Waals surface area contributed by atoms with E-state index in [9.17, 15) is 9.59 Å². The molecule has 34 heavy (non-hydrogen) atoms. The van der Waals surface area contributed by atoms with Crippen LogP contribution in [0.3, 0.4) is 0 Å². The summed E-state index contributed by atoms with van der Waals surface area (Å²) < 4.78 is 7.36. The molecule has 0 aliphatic rings. The summed E-state index contributed by atoms with van der Waals surface area (Å²) in [6.07, 6.45) is 4.98. The number of hydrogen-bond donors (Lipinski definition) is 1. The second kappa shape index (κ2) is 11.0. The van der Waals surface area contributed by atoms with E-state index >= 15 is 0 Å². The number of thioether (sulfide) groups is 1. The molecule has 2 amide bonds. The minimum absolute atomic E-state index is 0.0825. The molecule has 0 atom stereocenters. The molecule has 0 unspecified atom stereocenters. The number of para-hydroxylation sites is 1. The summed E-state index contributed by atoms with van der Waals surface area (Å²) in [5, 5.41) is 12.3. The Bertz CT molecular complexity index is 1260. The van der Waals surface area contributed by atoms with Gasteiger partial charge in [-0.3, -0.25) is 19.1 Å². The van der Waals surface area contributed by atoms with Gasteiger partial charge in [0.1, 0.15) is 5.76 Å². The van der Waals surface area contributed by atoms with Gasteiger partial charge in [-0.25, -0.2) is 0 Å². The molecule has 4 rings (SSSR count). The molecule has 0 radical (unpaired) electrons. The highest BCUT2D eigenvalue weighted by Gasteiger charge is 2.19. The number of benzene rings is 1. The number of carbonyl (C=O) groups excluding carboxylic acids is 2. The summed E-state index contributed by atoms with van der Waals surface area (Å²) in [5.41, 5.74) is 1.30. The summed E-state index contributed by atoms with van der Waals surface area (Å²) in [4.78, 5) is 30.5. The normalized spacial score (nSPS) is 10.8. The molecule has 174 valence electrons. The minimum Gasteiger partial charge on any atom is -0.467 e. The van der Waals surface area contributed by atoms with Gasteiger partial charge in [0, 0.05) is 25.0 Å². The predicted octanol–water partition coefficient (Wildman–Crippen LogP) is 3.82. The summed E-state index contributed by atoms with van der Waals surface area (Å²) >= 11 is 7.31. The number of halogens is 1. The van der Waals surface area contributed by atoms with E-state index < -0.39 is 0 Å². The monoisotopic (exact) mass is 496 g/mol. The molecule has 0 saturated heterocycles. The van der Waals surface area contributed by atoms with Gasteiger partial charge < -0.3 is 14.6 Å². The van der Waals surface area contributed by atoms with Crippen molar-refractivity contribution < 1.29 is 14.0 Å². The topological polar surface area (TPSA) is 106 Å². The molecule has 1 aromatic carbocycles. The van der Waals surface area contributed by atoms with Crippen LogP contribution in [0.2, 0.25) is 5.02 Å². The number of anilines is 1. The highest BCUT2D eigenvalue weighted by Crippen LogP contribution is 2.25. The largest absolute Gasteiger partial charge is 0.467 e. The zero-order chi connectivity index (χ0) is 23.9. The van der Waals surface area contributed by atoms with Gasteiger partial charge in [-0.15, -0.1) is 10.2 Å². The van der Waals surface area contributed by atoms with Crippen LogP contribution in [0.15, 0.2) is 76.8 Å². The second-order valence-electron chi connectivity index (χ2n) is 7.28. The number of nitrogens with zero attached hydrogens (tertiary/aromatic N) is 5. The quantitative estimate of drug-likeness (QED) is 0.351. The van der Waals surface area contributed by atoms with Crippen molar-refractivity contribution >= 4 is 40.9 Å². The first-order valence-corrected chi connectivity index (χ1v) is 11.6. The number of nitrogens with one attached hydrogen (secondary N) is 1. The van der Waals surface area contributed by atoms with Crippen LogP contribution in [0.1, 0.15) is 5.76 Å². The first-order chi connectivity index (χ1) is 16.5. The molecule has 0 aliphatic heterocycles. The van der Waals surface area contributed by atoms with Crippen molar-refractivity contribution in [3.05, 3.63) is 78.0 Å². The van der Waals surface area contributed by atoms with Crippen molar-refractivity contribution in [3.8, 4) is 11.4 Å². The van der Waals surface area contributed by atoms with Crippen molar-refractivity contribution in [2.75, 3.05) is 24.7 Å². The maximum Gasteiger partial charge on any atom is 0.244 e. The Morgan fingerprint density at radius 3 is 2.74 bits per heavy atom. The molecule has 0 fully saturated rings. The molecular weight excluding hydrogens is 476 g/mol. The molecule has 11 heteroatoms. The molecule has 3 aromatic heterocycles. The Morgan fingerprint density at radius 1 is 1.15 bits per heavy atom. The number of furan rings is 1. The van der Waals surface area contributed by atoms with Crippen LogP contribution < -0.4 is 5.32 Å². The molecule has 0 spiro atoms. The minimum atomic E-state index is -0.339. The first-order valence-electron chi connectivity index (χ1n) is 10.3. The van der Waals surface area contributed by atoms with Gasteiger partial charge in [0.05, 0.1) is 35.8 Å². The lowest BCUT2D eigenvalue weighted by Gasteiger charge is -2.17. The molecule has 0 saturated carbocycles. The van der Waals surface area contributed by atoms with Gasteiger partial charge in [-0.2, -0.15) is 0 Å². The molecule has 1 N–H and O–H groups in total. The maximum atomic E-state index is 12.7. The SMILES string of the molecule is CN(CC(=O)Nc1ccccc1Cl)C(=O)CSc1nnc(-c2cccnc2)n1Cc1ccco1. The molecule has 0 bridgehead atoms. The van der Waals surface area contributed by atoms with E-state index in [4.69, 9.17) is 16.0 Å². The lowest BCUT2D eigenvalue weighted by molar-refractivity contribution is -0.131. The van der Waals surface area contributed by atoms with Crippen LogP contribution in [-0.4, -0.2) is 55.8 Å². The highest BCUT2D eigenvalue weighted by atomic mass is 35.5. The lowest BCUT2D eigenvalue weighted by Crippen LogP contribution is -2.36. The zero-order valence-electron chi connectivity index (χ0n) is 18.2. The summed E-state index contributed by atoms with van der Waals surface area (Å²) in [6, 6.07) is 14.3. The molecule has 0 aliphatic carbocycles. The first kappa shape index (κ1) is 23.5. The Balaban J connectivity index is 1.41. The standard InChI is InChI=1S/C23H21ClN6O3S/c1-29(14-20(31)26-19-9-3-2-8-18(19)24)21(32)15-34-23-28-27-22(16-6-4-10-25-12-16)30(23)13-17-7-5-11-33-17/h2-12H,13-15H2,1H3,(H,26,31). The number of pyridine rings is 1. The molecule has 9 nitrogen and oxygen atoms in total. The number of aromatic nitrogens is 4. The van der Waals surface area contributed by atoms with E-state index in [1.807, 2.05) is 28.8 Å². The number of amides is 2. The van der Waals surface area contributed by atoms with Crippen molar-refractivity contribution in [2.24, 2.45) is 0 Å². The number of rotatable bonds is 9. The van der Waals surface area contributed by atoms with Crippen molar-refractivity contribution in [2.45, 2.75) is 11.7 Å². The zero-order valence-corrected chi connectivity index (χ0v) is 19.8. The van der Waals surface area contributed by atoms with Crippen molar-refractivity contribution in [1.82, 2.24) is 24.6 Å². The van der Waals surface area contributed by atoms with E-state index in [1.54, 1.807) is 50.0 Å². The number of likely N-dealkylation sites (N-methyl/N-ethyl adjacent to an activating group) is 1. The predicted molar refractivity (Wildman–Crippen MR) is 130 cm³/mol. The molecule has 4 aromatic rings. The Morgan fingerprint density at radius 2 is 2.00 bits per heavy atom. The fraction of sp³-hybridized carbons (Fsp3) is 0.174. The fourth-order valence-electron chi connectivity index (χ4n) is 3.10. The van der Waals surface area contributed by atoms with Crippen LogP contribution >= 0.6 is 23.4 Å². The Labute approximate surface area is 205 Å². The summed E-state index contributed by atoms with van der Waals surface area (Å²) in [5.74, 6) is 0.862. The van der Waals surface area contributed by atoms with E-state index in [1.165, 1.54) is 16.7 Å². The van der Waals surface area contributed by atoms with Crippen molar-refractivity contribution in [3.63, 3.8) is 0 Å². The Hall–Kier alpha value is -3.63. The smallest absolute Gasteiger partial charge is 0.244 e. The van der Waals surface area contributed by atoms with Crippen LogP contribution in [0, 0.1) is 0 Å². The molecular formula is C23H21ClN6O3S. The highest BCUT2D eigenvalue weighted by molar-refractivity contribution is 7.99. The van der Waals surface area contributed by atoms with Gasteiger partial charge in [-0.05, 0) is 36.4 Å². The van der Waals surface area contributed by atoms with E-state index in [-0.39, 0.29) is 24.1 Å². The lowest BCUT2D eigenvalue weighted by atomic mass is 10.2. The fourth-order valence-corrected chi connectivity index (χ4v) is 4.16. The van der Waals surface area contributed by atoms with Crippen LogP contribution in [-0.2, 0) is 16.1 Å². The average molecular weight is 497 g/mol. The van der Waals surface area contributed by atoms with Crippen molar-refractivity contribution in [1.29, 1.82) is 0 Å². The number of carbonyl (C=O) groups is 2. The average Bonchev–Trinajstić information content (AvgIpc) is 3.50. The van der Waals surface area contributed by atoms with Crippen LogP contribution in [0.25, 0.3) is 11.4 Å². The summed E-state index contributed by atoms with van der Waals surface area (Å²) in [7, 11) is 1.57. The van der Waals surface area contributed by atoms with Gasteiger partial charge in [0.25, 0.3) is 0 Å². The van der Waals surface area contributed by atoms with Crippen LogP contribution in [0.5, 0.6) is 0 Å². The second-order valence-corrected chi connectivity index (χ2v) is 8.63. The van der Waals surface area contributed by atoms with Gasteiger partial charge in [0.2, 0.25) is 11.8 Å². The number of hydrogen-bond acceptors (Lipinski definition) is 7. The van der Waals surface area contributed by atoms with E-state index in [0.717, 1.165) is 11.3 Å². The third-order valence-electron chi connectivity index (χ3n) is 4.81. The van der Waals surface area contributed by atoms with Gasteiger partial charge in [-0.1, -0.05) is 35.5 Å². The van der Waals surface area contributed by atoms with Gasteiger partial charge in [0.15, 0.2) is 11.0 Å². The third-order valence-corrected chi connectivity index (χ3v) is 6.09. The van der Waals surface area contributed by atoms with E-state index in [0.29, 0.717) is 28.2 Å². The van der Waals surface area contributed by atoms with E-state index in [2.05, 4.69) is 20.5 Å². The maximum absolute atomic E-state index is 12.7. The molecule has 3 heterocycles. The van der Waals surface area contributed by atoms with Gasteiger partial charge >= 0.3 is 0 Å². The summed E-state index contributed by atoms with van der Waals surface area (Å²) in [6.45, 7) is 0.293. The Kier molecular flexibility index (Phi) is 7.61.